The number of aryl methyl sites for hydroxylation is 2. The highest BCUT2D eigenvalue weighted by Crippen LogP contribution is 2.42. The average Bonchev–Trinajstić information content (AvgIpc) is 3.50. The molecule has 1 aliphatic carbocycles. The first-order chi connectivity index (χ1) is 14.6. The Labute approximate surface area is 183 Å². The first-order valence-electron chi connectivity index (χ1n) is 10.9. The van der Waals surface area contributed by atoms with Gasteiger partial charge in [0.15, 0.2) is 5.11 Å². The molecular formula is C25H28N4S. The Morgan fingerprint density at radius 1 is 1.03 bits per heavy atom. The maximum atomic E-state index is 5.85. The zero-order valence-electron chi connectivity index (χ0n) is 17.6. The van der Waals surface area contributed by atoms with E-state index in [0.717, 1.165) is 16.5 Å². The molecule has 2 fully saturated rings. The predicted molar refractivity (Wildman–Crippen MR) is 126 cm³/mol. The lowest BCUT2D eigenvalue weighted by Gasteiger charge is -2.28. The third-order valence-electron chi connectivity index (χ3n) is 6.69. The Morgan fingerprint density at radius 3 is 2.60 bits per heavy atom. The molecule has 0 radical (unpaired) electrons. The van der Waals surface area contributed by atoms with Gasteiger partial charge in [-0.15, -0.1) is 0 Å². The summed E-state index contributed by atoms with van der Waals surface area (Å²) in [6, 6.07) is 15.7. The van der Waals surface area contributed by atoms with Crippen LogP contribution >= 0.6 is 12.2 Å². The number of nitrogens with zero attached hydrogens (tertiary/aromatic N) is 3. The van der Waals surface area contributed by atoms with Gasteiger partial charge in [0.25, 0.3) is 0 Å². The number of nitrogens with one attached hydrogen (secondary N) is 1. The van der Waals surface area contributed by atoms with E-state index in [0.29, 0.717) is 6.04 Å². The summed E-state index contributed by atoms with van der Waals surface area (Å²) in [6.07, 6.45) is 11.7. The van der Waals surface area contributed by atoms with Gasteiger partial charge in [0.05, 0.1) is 17.8 Å². The highest BCUT2D eigenvalue weighted by atomic mass is 32.1. The molecule has 3 heterocycles. The van der Waals surface area contributed by atoms with Gasteiger partial charge in [-0.2, -0.15) is 0 Å². The Kier molecular flexibility index (Phi) is 5.07. The Hall–Kier alpha value is -2.66. The van der Waals surface area contributed by atoms with Crippen molar-refractivity contribution in [3.8, 4) is 0 Å². The maximum absolute atomic E-state index is 5.85. The second-order valence-electron chi connectivity index (χ2n) is 8.60. The SMILES string of the molecule is Cc1ccc(N2C(=S)N[C@@H](c3ccccn3)[C@H]2c2ccn(C3CCCC3)c2)cc1C. The molecule has 1 saturated heterocycles. The summed E-state index contributed by atoms with van der Waals surface area (Å²) in [4.78, 5) is 6.93. The Bertz CT molecular complexity index is 1050. The minimum Gasteiger partial charge on any atom is -0.351 e. The third-order valence-corrected chi connectivity index (χ3v) is 7.01. The van der Waals surface area contributed by atoms with Gasteiger partial charge in [-0.3, -0.25) is 4.98 Å². The number of anilines is 1. The molecule has 1 N–H and O–H groups in total. The van der Waals surface area contributed by atoms with Gasteiger partial charge in [-0.25, -0.2) is 0 Å². The highest BCUT2D eigenvalue weighted by Gasteiger charge is 2.41. The van der Waals surface area contributed by atoms with Crippen LogP contribution in [0.4, 0.5) is 5.69 Å². The van der Waals surface area contributed by atoms with Gasteiger partial charge in [-0.05, 0) is 85.9 Å². The Balaban J connectivity index is 1.58. The minimum atomic E-state index is 0.0136. The first-order valence-corrected chi connectivity index (χ1v) is 11.3. The molecule has 30 heavy (non-hydrogen) atoms. The van der Waals surface area contributed by atoms with Gasteiger partial charge in [0.1, 0.15) is 0 Å². The van der Waals surface area contributed by atoms with Crippen molar-refractivity contribution in [2.24, 2.45) is 0 Å². The van der Waals surface area contributed by atoms with E-state index >= 15 is 0 Å². The van der Waals surface area contributed by atoms with Crippen LogP contribution in [-0.4, -0.2) is 14.7 Å². The largest absolute Gasteiger partial charge is 0.351 e. The van der Waals surface area contributed by atoms with Crippen molar-refractivity contribution in [3.05, 3.63) is 83.4 Å². The summed E-state index contributed by atoms with van der Waals surface area (Å²) in [7, 11) is 0. The maximum Gasteiger partial charge on any atom is 0.174 e. The van der Waals surface area contributed by atoms with Crippen LogP contribution in [-0.2, 0) is 0 Å². The van der Waals surface area contributed by atoms with E-state index in [4.69, 9.17) is 12.2 Å². The lowest BCUT2D eigenvalue weighted by atomic mass is 9.98. The lowest BCUT2D eigenvalue weighted by Crippen LogP contribution is -2.29. The molecule has 1 aromatic carbocycles. The minimum absolute atomic E-state index is 0.0136. The van der Waals surface area contributed by atoms with Crippen LogP contribution in [0.5, 0.6) is 0 Å². The predicted octanol–water partition coefficient (Wildman–Crippen LogP) is 5.79. The topological polar surface area (TPSA) is 33.1 Å². The van der Waals surface area contributed by atoms with Crippen molar-refractivity contribution in [1.29, 1.82) is 0 Å². The van der Waals surface area contributed by atoms with Crippen LogP contribution in [0.3, 0.4) is 0 Å². The van der Waals surface area contributed by atoms with Crippen LogP contribution in [0, 0.1) is 13.8 Å². The highest BCUT2D eigenvalue weighted by molar-refractivity contribution is 7.80. The van der Waals surface area contributed by atoms with Crippen LogP contribution in [0.15, 0.2) is 61.1 Å². The monoisotopic (exact) mass is 416 g/mol. The van der Waals surface area contributed by atoms with Gasteiger partial charge < -0.3 is 14.8 Å². The first kappa shape index (κ1) is 19.3. The van der Waals surface area contributed by atoms with Crippen molar-refractivity contribution in [1.82, 2.24) is 14.9 Å². The molecule has 2 aliphatic rings. The zero-order chi connectivity index (χ0) is 20.7. The lowest BCUT2D eigenvalue weighted by molar-refractivity contribution is 0.515. The molecule has 1 aliphatic heterocycles. The molecule has 0 bridgehead atoms. The van der Waals surface area contributed by atoms with Gasteiger partial charge in [0, 0.05) is 30.3 Å². The van der Waals surface area contributed by atoms with Crippen molar-refractivity contribution in [2.75, 3.05) is 4.90 Å². The van der Waals surface area contributed by atoms with Crippen LogP contribution in [0.2, 0.25) is 0 Å². The molecule has 154 valence electrons. The summed E-state index contributed by atoms with van der Waals surface area (Å²) < 4.78 is 2.41. The number of benzene rings is 1. The summed E-state index contributed by atoms with van der Waals surface area (Å²) in [6.45, 7) is 4.31. The zero-order valence-corrected chi connectivity index (χ0v) is 18.4. The fourth-order valence-corrected chi connectivity index (χ4v) is 5.23. The van der Waals surface area contributed by atoms with E-state index in [-0.39, 0.29) is 12.1 Å². The number of rotatable bonds is 4. The average molecular weight is 417 g/mol. The van der Waals surface area contributed by atoms with Crippen molar-refractivity contribution in [3.63, 3.8) is 0 Å². The third kappa shape index (κ3) is 3.41. The normalized spacial score (nSPS) is 21.9. The summed E-state index contributed by atoms with van der Waals surface area (Å²) in [5.74, 6) is 0. The smallest absolute Gasteiger partial charge is 0.174 e. The molecule has 0 spiro atoms. The van der Waals surface area contributed by atoms with Crippen molar-refractivity contribution >= 4 is 23.0 Å². The van der Waals surface area contributed by atoms with E-state index in [1.807, 2.05) is 18.3 Å². The second kappa shape index (κ2) is 7.88. The number of hydrogen-bond acceptors (Lipinski definition) is 2. The fourth-order valence-electron chi connectivity index (χ4n) is 4.88. The summed E-state index contributed by atoms with van der Waals surface area (Å²) in [5.41, 5.74) is 6.00. The number of hydrogen-bond donors (Lipinski definition) is 1. The van der Waals surface area contributed by atoms with Gasteiger partial charge in [-0.1, -0.05) is 25.0 Å². The molecule has 5 rings (SSSR count). The van der Waals surface area contributed by atoms with Crippen molar-refractivity contribution in [2.45, 2.75) is 57.7 Å². The molecule has 0 unspecified atom stereocenters. The molecule has 3 aromatic rings. The van der Waals surface area contributed by atoms with Crippen LogP contribution in [0.25, 0.3) is 0 Å². The molecule has 2 aromatic heterocycles. The molecule has 4 nitrogen and oxygen atoms in total. The van der Waals surface area contributed by atoms with Crippen LogP contribution in [0.1, 0.15) is 66.2 Å². The second-order valence-corrected chi connectivity index (χ2v) is 8.98. The number of thiocarbonyl (C=S) groups is 1. The molecule has 5 heteroatoms. The van der Waals surface area contributed by atoms with E-state index < -0.39 is 0 Å². The number of aromatic nitrogens is 2. The van der Waals surface area contributed by atoms with Crippen LogP contribution < -0.4 is 10.2 Å². The summed E-state index contributed by atoms with van der Waals surface area (Å²) in [5, 5.41) is 4.32. The van der Waals surface area contributed by atoms with E-state index in [1.54, 1.807) is 0 Å². The fraction of sp³-hybridized carbons (Fsp3) is 0.360. The quantitative estimate of drug-likeness (QED) is 0.546. The van der Waals surface area contributed by atoms with E-state index in [9.17, 15) is 0 Å². The summed E-state index contributed by atoms with van der Waals surface area (Å²) >= 11 is 5.85. The van der Waals surface area contributed by atoms with Crippen molar-refractivity contribution < 1.29 is 0 Å². The molecule has 2 atom stereocenters. The van der Waals surface area contributed by atoms with Gasteiger partial charge in [0.2, 0.25) is 0 Å². The van der Waals surface area contributed by atoms with E-state index in [2.05, 4.69) is 76.3 Å². The van der Waals surface area contributed by atoms with Gasteiger partial charge >= 0.3 is 0 Å². The molecule has 0 amide bonds. The molecule has 1 saturated carbocycles. The number of pyridine rings is 1. The molecular weight excluding hydrogens is 388 g/mol. The Morgan fingerprint density at radius 2 is 1.87 bits per heavy atom. The standard InChI is InChI=1S/C25H28N4S/c1-17-10-11-21(15-18(17)2)29-24(19-12-14-28(16-19)20-7-3-4-8-20)23(27-25(29)30)22-9-5-6-13-26-22/h5-6,9-16,20,23-24H,3-4,7-8H2,1-2H3,(H,27,30)/t23-,24+/m0/s1. The van der Waals surface area contributed by atoms with E-state index in [1.165, 1.54) is 42.4 Å².